The molecule has 2 heterocycles. The van der Waals surface area contributed by atoms with Gasteiger partial charge in [0.2, 0.25) is 11.5 Å². The number of amides is 1. The zero-order valence-electron chi connectivity index (χ0n) is 14.0. The van der Waals surface area contributed by atoms with Gasteiger partial charge in [0.25, 0.3) is 0 Å². The Morgan fingerprint density at radius 2 is 2.26 bits per heavy atom. The summed E-state index contributed by atoms with van der Waals surface area (Å²) in [5, 5.41) is 2.91. The number of carbonyl (C=O) groups is 1. The van der Waals surface area contributed by atoms with E-state index in [9.17, 15) is 9.59 Å². The lowest BCUT2D eigenvalue weighted by atomic mass is 10.1. The third-order valence-corrected chi connectivity index (χ3v) is 4.11. The predicted octanol–water partition coefficient (Wildman–Crippen LogP) is 0.854. The van der Waals surface area contributed by atoms with E-state index in [0.717, 1.165) is 19.5 Å². The third kappa shape index (κ3) is 5.80. The van der Waals surface area contributed by atoms with Gasteiger partial charge in [-0.3, -0.25) is 14.5 Å². The molecule has 1 aromatic heterocycles. The number of nitrogens with zero attached hydrogens (tertiary/aromatic N) is 2. The van der Waals surface area contributed by atoms with Gasteiger partial charge in [-0.25, -0.2) is 0 Å². The summed E-state index contributed by atoms with van der Waals surface area (Å²) >= 11 is 0. The van der Waals surface area contributed by atoms with E-state index < -0.39 is 0 Å². The Labute approximate surface area is 137 Å². The van der Waals surface area contributed by atoms with Crippen LogP contribution in [0.15, 0.2) is 29.2 Å². The predicted molar refractivity (Wildman–Crippen MR) is 89.4 cm³/mol. The SMILES string of the molecule is CC(C)N1CCO[C@@H](CC(=O)NCCCn2ccccc2=O)C1. The Morgan fingerprint density at radius 1 is 1.43 bits per heavy atom. The summed E-state index contributed by atoms with van der Waals surface area (Å²) in [6.45, 7) is 7.93. The van der Waals surface area contributed by atoms with Crippen molar-refractivity contribution in [1.82, 2.24) is 14.8 Å². The average molecular weight is 321 g/mol. The van der Waals surface area contributed by atoms with Crippen molar-refractivity contribution in [3.05, 3.63) is 34.7 Å². The second-order valence-corrected chi connectivity index (χ2v) is 6.22. The zero-order valence-corrected chi connectivity index (χ0v) is 14.0. The van der Waals surface area contributed by atoms with Crippen LogP contribution >= 0.6 is 0 Å². The van der Waals surface area contributed by atoms with Crippen molar-refractivity contribution in [2.24, 2.45) is 0 Å². The molecule has 1 saturated heterocycles. The molecule has 6 heteroatoms. The molecule has 0 unspecified atom stereocenters. The largest absolute Gasteiger partial charge is 0.375 e. The van der Waals surface area contributed by atoms with E-state index in [2.05, 4.69) is 24.1 Å². The van der Waals surface area contributed by atoms with Crippen LogP contribution in [0, 0.1) is 0 Å². The number of aryl methyl sites for hydroxylation is 1. The minimum Gasteiger partial charge on any atom is -0.375 e. The molecule has 0 saturated carbocycles. The summed E-state index contributed by atoms with van der Waals surface area (Å²) < 4.78 is 7.32. The molecule has 0 radical (unpaired) electrons. The molecule has 0 bridgehead atoms. The van der Waals surface area contributed by atoms with Crippen LogP contribution in [-0.4, -0.2) is 53.8 Å². The van der Waals surface area contributed by atoms with E-state index in [-0.39, 0.29) is 17.6 Å². The van der Waals surface area contributed by atoms with E-state index in [1.165, 1.54) is 0 Å². The van der Waals surface area contributed by atoms with E-state index in [1.54, 1.807) is 22.9 Å². The van der Waals surface area contributed by atoms with E-state index in [1.807, 2.05) is 6.07 Å². The van der Waals surface area contributed by atoms with Gasteiger partial charge in [0.1, 0.15) is 0 Å². The topological polar surface area (TPSA) is 63.6 Å². The highest BCUT2D eigenvalue weighted by atomic mass is 16.5. The van der Waals surface area contributed by atoms with Gasteiger partial charge in [-0.05, 0) is 26.3 Å². The van der Waals surface area contributed by atoms with Gasteiger partial charge in [-0.2, -0.15) is 0 Å². The number of hydrogen-bond acceptors (Lipinski definition) is 4. The minimum atomic E-state index is -0.0251. The van der Waals surface area contributed by atoms with Gasteiger partial charge in [-0.1, -0.05) is 6.07 Å². The van der Waals surface area contributed by atoms with Gasteiger partial charge < -0.3 is 14.6 Å². The van der Waals surface area contributed by atoms with Gasteiger partial charge >= 0.3 is 0 Å². The molecule has 1 amide bonds. The maximum Gasteiger partial charge on any atom is 0.250 e. The van der Waals surface area contributed by atoms with Crippen LogP contribution in [0.4, 0.5) is 0 Å². The normalized spacial score (nSPS) is 19.0. The van der Waals surface area contributed by atoms with Crippen LogP contribution in [0.3, 0.4) is 0 Å². The first-order chi connectivity index (χ1) is 11.1. The molecule has 0 aromatic carbocycles. The van der Waals surface area contributed by atoms with Crippen LogP contribution in [0.2, 0.25) is 0 Å². The number of aromatic nitrogens is 1. The van der Waals surface area contributed by atoms with Crippen LogP contribution in [0.25, 0.3) is 0 Å². The third-order valence-electron chi connectivity index (χ3n) is 4.11. The average Bonchev–Trinajstić information content (AvgIpc) is 2.53. The van der Waals surface area contributed by atoms with Gasteiger partial charge in [0.05, 0.1) is 19.1 Å². The van der Waals surface area contributed by atoms with Crippen LogP contribution in [0.1, 0.15) is 26.7 Å². The first kappa shape index (κ1) is 17.7. The highest BCUT2D eigenvalue weighted by molar-refractivity contribution is 5.76. The Hall–Kier alpha value is -1.66. The Balaban J connectivity index is 1.65. The van der Waals surface area contributed by atoms with Crippen LogP contribution in [-0.2, 0) is 16.1 Å². The lowest BCUT2D eigenvalue weighted by Crippen LogP contribution is -2.47. The zero-order chi connectivity index (χ0) is 16.7. The highest BCUT2D eigenvalue weighted by Gasteiger charge is 2.24. The summed E-state index contributed by atoms with van der Waals surface area (Å²) in [5.41, 5.74) is -0.0109. The fourth-order valence-electron chi connectivity index (χ4n) is 2.74. The van der Waals surface area contributed by atoms with Crippen molar-refractivity contribution in [2.45, 2.75) is 45.4 Å². The quantitative estimate of drug-likeness (QED) is 0.757. The summed E-state index contributed by atoms with van der Waals surface area (Å²) in [7, 11) is 0. The molecule has 2 rings (SSSR count). The number of carbonyl (C=O) groups excluding carboxylic acids is 1. The molecule has 128 valence electrons. The monoisotopic (exact) mass is 321 g/mol. The summed E-state index contributed by atoms with van der Waals surface area (Å²) in [6, 6.07) is 5.58. The summed E-state index contributed by atoms with van der Waals surface area (Å²) in [4.78, 5) is 25.9. The molecule has 6 nitrogen and oxygen atoms in total. The van der Waals surface area contributed by atoms with Crippen molar-refractivity contribution < 1.29 is 9.53 Å². The molecule has 1 aliphatic heterocycles. The second-order valence-electron chi connectivity index (χ2n) is 6.22. The first-order valence-corrected chi connectivity index (χ1v) is 8.34. The molecule has 1 aromatic rings. The number of hydrogen-bond donors (Lipinski definition) is 1. The smallest absolute Gasteiger partial charge is 0.250 e. The lowest BCUT2D eigenvalue weighted by molar-refractivity contribution is -0.126. The first-order valence-electron chi connectivity index (χ1n) is 8.34. The number of rotatable bonds is 7. The minimum absolute atomic E-state index is 0.0109. The number of pyridine rings is 1. The molecule has 0 spiro atoms. The molecular weight excluding hydrogens is 294 g/mol. The summed E-state index contributed by atoms with van der Waals surface area (Å²) in [5.74, 6) is 0.0148. The highest BCUT2D eigenvalue weighted by Crippen LogP contribution is 2.11. The molecule has 1 N–H and O–H groups in total. The number of nitrogens with one attached hydrogen (secondary N) is 1. The maximum atomic E-state index is 12.0. The number of morpholine rings is 1. The van der Waals surface area contributed by atoms with Gasteiger partial charge in [-0.15, -0.1) is 0 Å². The van der Waals surface area contributed by atoms with Crippen molar-refractivity contribution in [3.63, 3.8) is 0 Å². The molecule has 23 heavy (non-hydrogen) atoms. The van der Waals surface area contributed by atoms with Crippen LogP contribution in [0.5, 0.6) is 0 Å². The van der Waals surface area contributed by atoms with Crippen molar-refractivity contribution in [2.75, 3.05) is 26.2 Å². The fourth-order valence-corrected chi connectivity index (χ4v) is 2.74. The maximum absolute atomic E-state index is 12.0. The van der Waals surface area contributed by atoms with Crippen molar-refractivity contribution in [3.8, 4) is 0 Å². The second kappa shape index (κ2) is 8.84. The fraction of sp³-hybridized carbons (Fsp3) is 0.647. The summed E-state index contributed by atoms with van der Waals surface area (Å²) in [6.07, 6.45) is 2.87. The molecule has 1 fully saturated rings. The Morgan fingerprint density at radius 3 is 3.00 bits per heavy atom. The number of ether oxygens (including phenoxy) is 1. The van der Waals surface area contributed by atoms with Gasteiger partial charge in [0.15, 0.2) is 0 Å². The Kier molecular flexibility index (Phi) is 6.80. The standard InChI is InChI=1S/C17H27N3O3/c1-14(2)20-10-11-23-15(13-20)12-16(21)18-7-5-9-19-8-4-3-6-17(19)22/h3-4,6,8,14-15H,5,7,9-13H2,1-2H3,(H,18,21)/t15-/m0/s1. The molecule has 0 aliphatic carbocycles. The van der Waals surface area contributed by atoms with E-state index in [0.29, 0.717) is 32.2 Å². The molecule has 1 atom stereocenters. The van der Waals surface area contributed by atoms with Crippen molar-refractivity contribution >= 4 is 5.91 Å². The van der Waals surface area contributed by atoms with Crippen molar-refractivity contribution in [1.29, 1.82) is 0 Å². The van der Waals surface area contributed by atoms with E-state index >= 15 is 0 Å². The van der Waals surface area contributed by atoms with E-state index in [4.69, 9.17) is 4.74 Å². The molecular formula is C17H27N3O3. The Bertz CT molecular complexity index is 556. The van der Waals surface area contributed by atoms with Crippen LogP contribution < -0.4 is 10.9 Å². The lowest BCUT2D eigenvalue weighted by Gasteiger charge is -2.35. The molecule has 1 aliphatic rings. The van der Waals surface area contributed by atoms with Gasteiger partial charge in [0, 0.05) is 44.5 Å².